The number of ether oxygens (including phenoxy) is 1. The molecule has 3 nitrogen and oxygen atoms in total. The molecule has 1 aliphatic heterocycles. The Bertz CT molecular complexity index is 422. The zero-order valence-corrected chi connectivity index (χ0v) is 12.0. The van der Waals surface area contributed by atoms with E-state index in [0.717, 1.165) is 25.3 Å². The Hall–Kier alpha value is -1.18. The van der Waals surface area contributed by atoms with Crippen molar-refractivity contribution >= 4 is 11.8 Å². The van der Waals surface area contributed by atoms with Crippen LogP contribution in [-0.2, 0) is 0 Å². The molecule has 102 valence electrons. The molecule has 1 fully saturated rings. The Labute approximate surface area is 119 Å². The van der Waals surface area contributed by atoms with Gasteiger partial charge in [-0.15, -0.1) is 0 Å². The fourth-order valence-corrected chi connectivity index (χ4v) is 3.08. The molecule has 0 atom stereocenters. The van der Waals surface area contributed by atoms with Crippen molar-refractivity contribution in [2.45, 2.75) is 12.8 Å². The second-order valence-electron chi connectivity index (χ2n) is 4.65. The maximum absolute atomic E-state index is 8.82. The van der Waals surface area contributed by atoms with E-state index in [0.29, 0.717) is 5.56 Å². The van der Waals surface area contributed by atoms with Crippen LogP contribution in [0.1, 0.15) is 18.4 Å². The monoisotopic (exact) mass is 276 g/mol. The third-order valence-electron chi connectivity index (χ3n) is 3.17. The minimum atomic E-state index is 0.655. The minimum Gasteiger partial charge on any atom is -0.494 e. The summed E-state index contributed by atoms with van der Waals surface area (Å²) in [5, 5.41) is 8.82. The van der Waals surface area contributed by atoms with E-state index in [1.54, 1.807) is 12.1 Å². The van der Waals surface area contributed by atoms with Crippen LogP contribution < -0.4 is 4.74 Å². The summed E-state index contributed by atoms with van der Waals surface area (Å²) in [5.74, 6) is 3.35. The molecule has 0 radical (unpaired) electrons. The van der Waals surface area contributed by atoms with Crippen molar-refractivity contribution in [3.63, 3.8) is 0 Å². The Morgan fingerprint density at radius 2 is 2.26 bits per heavy atom. The lowest BCUT2D eigenvalue weighted by Gasteiger charge is -2.19. The number of thioether (sulfide) groups is 1. The first-order valence-corrected chi connectivity index (χ1v) is 7.97. The molecule has 0 amide bonds. The summed E-state index contributed by atoms with van der Waals surface area (Å²) in [6, 6.07) is 9.48. The molecule has 1 heterocycles. The van der Waals surface area contributed by atoms with Crippen LogP contribution in [0, 0.1) is 11.3 Å². The SMILES string of the molecule is N#Cc1cccc(OCCCN2CCCSCC2)c1. The lowest BCUT2D eigenvalue weighted by atomic mass is 10.2. The first kappa shape index (κ1) is 14.2. The molecule has 1 aliphatic rings. The Morgan fingerprint density at radius 1 is 1.32 bits per heavy atom. The third-order valence-corrected chi connectivity index (χ3v) is 4.21. The highest BCUT2D eigenvalue weighted by molar-refractivity contribution is 7.99. The van der Waals surface area contributed by atoms with Crippen molar-refractivity contribution in [2.75, 3.05) is 37.7 Å². The highest BCUT2D eigenvalue weighted by Crippen LogP contribution is 2.13. The molecule has 1 aromatic rings. The number of hydrogen-bond donors (Lipinski definition) is 0. The fourth-order valence-electron chi connectivity index (χ4n) is 2.15. The van der Waals surface area contributed by atoms with Gasteiger partial charge in [0.25, 0.3) is 0 Å². The molecule has 0 saturated carbocycles. The minimum absolute atomic E-state index is 0.655. The first-order chi connectivity index (χ1) is 9.38. The highest BCUT2D eigenvalue weighted by atomic mass is 32.2. The summed E-state index contributed by atoms with van der Waals surface area (Å²) in [7, 11) is 0. The van der Waals surface area contributed by atoms with Gasteiger partial charge >= 0.3 is 0 Å². The van der Waals surface area contributed by atoms with Gasteiger partial charge in [-0.1, -0.05) is 6.07 Å². The van der Waals surface area contributed by atoms with Crippen LogP contribution in [0.2, 0.25) is 0 Å². The van der Waals surface area contributed by atoms with Crippen molar-refractivity contribution in [1.82, 2.24) is 4.90 Å². The Morgan fingerprint density at radius 3 is 3.16 bits per heavy atom. The van der Waals surface area contributed by atoms with Gasteiger partial charge in [-0.25, -0.2) is 0 Å². The predicted octanol–water partition coefficient (Wildman–Crippen LogP) is 2.77. The van der Waals surface area contributed by atoms with Crippen LogP contribution in [0.5, 0.6) is 5.75 Å². The van der Waals surface area contributed by atoms with Crippen molar-refractivity contribution in [1.29, 1.82) is 5.26 Å². The lowest BCUT2D eigenvalue weighted by Crippen LogP contribution is -2.28. The number of nitrogens with zero attached hydrogens (tertiary/aromatic N) is 2. The zero-order chi connectivity index (χ0) is 13.3. The maximum atomic E-state index is 8.82. The van der Waals surface area contributed by atoms with E-state index in [-0.39, 0.29) is 0 Å². The molecule has 0 aliphatic carbocycles. The normalized spacial score (nSPS) is 16.6. The van der Waals surface area contributed by atoms with Gasteiger partial charge in [0.2, 0.25) is 0 Å². The molecule has 1 saturated heterocycles. The molecule has 0 bridgehead atoms. The lowest BCUT2D eigenvalue weighted by molar-refractivity contribution is 0.245. The number of hydrogen-bond acceptors (Lipinski definition) is 4. The van der Waals surface area contributed by atoms with E-state index in [2.05, 4.69) is 22.7 Å². The average molecular weight is 276 g/mol. The zero-order valence-electron chi connectivity index (χ0n) is 11.2. The second kappa shape index (κ2) is 8.08. The van der Waals surface area contributed by atoms with Gasteiger partial charge in [-0.2, -0.15) is 17.0 Å². The summed E-state index contributed by atoms with van der Waals surface area (Å²) in [6.45, 7) is 4.25. The van der Waals surface area contributed by atoms with Gasteiger partial charge < -0.3 is 9.64 Å². The van der Waals surface area contributed by atoms with Crippen molar-refractivity contribution in [3.05, 3.63) is 29.8 Å². The molecule has 4 heteroatoms. The molecule has 0 N–H and O–H groups in total. The van der Waals surface area contributed by atoms with Gasteiger partial charge in [-0.3, -0.25) is 0 Å². The molecular formula is C15H20N2OS. The molecule has 0 spiro atoms. The van der Waals surface area contributed by atoms with Crippen LogP contribution in [0.3, 0.4) is 0 Å². The van der Waals surface area contributed by atoms with E-state index in [1.165, 1.54) is 31.0 Å². The smallest absolute Gasteiger partial charge is 0.120 e. The molecule has 1 aromatic carbocycles. The van der Waals surface area contributed by atoms with Crippen LogP contribution in [0.15, 0.2) is 24.3 Å². The maximum Gasteiger partial charge on any atom is 0.120 e. The Balaban J connectivity index is 1.67. The van der Waals surface area contributed by atoms with E-state index < -0.39 is 0 Å². The molecule has 0 unspecified atom stereocenters. The number of rotatable bonds is 5. The van der Waals surface area contributed by atoms with Crippen LogP contribution in [-0.4, -0.2) is 42.6 Å². The van der Waals surface area contributed by atoms with Crippen molar-refractivity contribution < 1.29 is 4.74 Å². The van der Waals surface area contributed by atoms with Gasteiger partial charge in [0.05, 0.1) is 18.2 Å². The Kier molecular flexibility index (Phi) is 6.06. The van der Waals surface area contributed by atoms with Gasteiger partial charge in [0.15, 0.2) is 0 Å². The van der Waals surface area contributed by atoms with Crippen molar-refractivity contribution in [3.8, 4) is 11.8 Å². The van der Waals surface area contributed by atoms with Crippen LogP contribution in [0.4, 0.5) is 0 Å². The molecule has 0 aromatic heterocycles. The van der Waals surface area contributed by atoms with E-state index in [4.69, 9.17) is 10.00 Å². The van der Waals surface area contributed by atoms with E-state index >= 15 is 0 Å². The molecular weight excluding hydrogens is 256 g/mol. The fraction of sp³-hybridized carbons (Fsp3) is 0.533. The van der Waals surface area contributed by atoms with E-state index in [1.807, 2.05) is 12.1 Å². The highest BCUT2D eigenvalue weighted by Gasteiger charge is 2.08. The number of nitriles is 1. The largest absolute Gasteiger partial charge is 0.494 e. The summed E-state index contributed by atoms with van der Waals surface area (Å²) in [5.41, 5.74) is 0.655. The number of benzene rings is 1. The summed E-state index contributed by atoms with van der Waals surface area (Å²) in [6.07, 6.45) is 2.34. The summed E-state index contributed by atoms with van der Waals surface area (Å²) in [4.78, 5) is 2.52. The van der Waals surface area contributed by atoms with Crippen molar-refractivity contribution in [2.24, 2.45) is 0 Å². The molecule has 2 rings (SSSR count). The first-order valence-electron chi connectivity index (χ1n) is 6.81. The van der Waals surface area contributed by atoms with Gasteiger partial charge in [0.1, 0.15) is 5.75 Å². The van der Waals surface area contributed by atoms with Gasteiger partial charge in [-0.05, 0) is 43.3 Å². The second-order valence-corrected chi connectivity index (χ2v) is 5.87. The quantitative estimate of drug-likeness (QED) is 0.775. The average Bonchev–Trinajstić information content (AvgIpc) is 2.72. The van der Waals surface area contributed by atoms with Crippen LogP contribution >= 0.6 is 11.8 Å². The van der Waals surface area contributed by atoms with Gasteiger partial charge in [0, 0.05) is 18.8 Å². The molecule has 19 heavy (non-hydrogen) atoms. The van der Waals surface area contributed by atoms with E-state index in [9.17, 15) is 0 Å². The summed E-state index contributed by atoms with van der Waals surface area (Å²) >= 11 is 2.06. The topological polar surface area (TPSA) is 36.3 Å². The van der Waals surface area contributed by atoms with Crippen LogP contribution in [0.25, 0.3) is 0 Å². The summed E-state index contributed by atoms with van der Waals surface area (Å²) < 4.78 is 5.69. The predicted molar refractivity (Wildman–Crippen MR) is 79.7 cm³/mol. The standard InChI is InChI=1S/C15H20N2OS/c16-13-14-4-1-5-15(12-14)18-9-2-6-17-7-3-10-19-11-8-17/h1,4-5,12H,2-3,6-11H2. The third kappa shape index (κ3) is 5.14.